The molecule has 0 amide bonds. The first-order chi connectivity index (χ1) is 12.7. The fourth-order valence-electron chi connectivity index (χ4n) is 3.57. The van der Waals surface area contributed by atoms with Gasteiger partial charge in [0.15, 0.2) is 0 Å². The van der Waals surface area contributed by atoms with E-state index in [1.165, 1.54) is 17.7 Å². The molecular weight excluding hydrogens is 326 g/mol. The van der Waals surface area contributed by atoms with E-state index in [0.29, 0.717) is 6.61 Å². The smallest absolute Gasteiger partial charge is 0.124 e. The summed E-state index contributed by atoms with van der Waals surface area (Å²) in [5.41, 5.74) is 4.78. The second-order valence-corrected chi connectivity index (χ2v) is 6.85. The molecule has 2 aromatic rings. The van der Waals surface area contributed by atoms with Crippen LogP contribution in [-0.4, -0.2) is 50.3 Å². The molecule has 0 spiro atoms. The van der Waals surface area contributed by atoms with Crippen molar-refractivity contribution in [3.05, 3.63) is 53.3 Å². The van der Waals surface area contributed by atoms with Gasteiger partial charge in [0, 0.05) is 63.0 Å². The van der Waals surface area contributed by atoms with E-state index in [-0.39, 0.29) is 0 Å². The van der Waals surface area contributed by atoms with Gasteiger partial charge in [0.05, 0.1) is 13.7 Å². The van der Waals surface area contributed by atoms with E-state index in [0.717, 1.165) is 49.7 Å². The molecule has 140 valence electrons. The molecule has 0 saturated carbocycles. The summed E-state index contributed by atoms with van der Waals surface area (Å²) in [6.45, 7) is 7.91. The lowest BCUT2D eigenvalue weighted by atomic mass is 10.1. The van der Waals surface area contributed by atoms with Crippen LogP contribution in [0.25, 0.3) is 0 Å². The van der Waals surface area contributed by atoms with Gasteiger partial charge in [-0.15, -0.1) is 0 Å². The number of anilines is 1. The Bertz CT molecular complexity index is 720. The van der Waals surface area contributed by atoms with Crippen molar-refractivity contribution in [2.45, 2.75) is 26.5 Å². The van der Waals surface area contributed by atoms with Crippen LogP contribution < -0.4 is 9.64 Å². The molecule has 3 rings (SSSR count). The van der Waals surface area contributed by atoms with Crippen molar-refractivity contribution in [3.63, 3.8) is 0 Å². The highest BCUT2D eigenvalue weighted by atomic mass is 16.5. The number of nitrogens with zero attached hydrogens (tertiary/aromatic N) is 3. The van der Waals surface area contributed by atoms with Gasteiger partial charge in [0.25, 0.3) is 0 Å². The Labute approximate surface area is 156 Å². The Hall–Kier alpha value is -2.11. The predicted octanol–water partition coefficient (Wildman–Crippen LogP) is 3.26. The summed E-state index contributed by atoms with van der Waals surface area (Å²) in [5, 5.41) is 0. The van der Waals surface area contributed by atoms with Crippen LogP contribution >= 0.6 is 0 Å². The molecule has 1 fully saturated rings. The van der Waals surface area contributed by atoms with Crippen molar-refractivity contribution in [1.29, 1.82) is 0 Å². The Balaban J connectivity index is 1.64. The molecular formula is C21H29N3O2. The zero-order valence-corrected chi connectivity index (χ0v) is 16.1. The zero-order valence-electron chi connectivity index (χ0n) is 16.1. The first kappa shape index (κ1) is 18.7. The zero-order chi connectivity index (χ0) is 18.4. The van der Waals surface area contributed by atoms with Crippen molar-refractivity contribution < 1.29 is 9.47 Å². The van der Waals surface area contributed by atoms with Crippen LogP contribution in [0.5, 0.6) is 5.75 Å². The van der Waals surface area contributed by atoms with Gasteiger partial charge >= 0.3 is 0 Å². The number of benzene rings is 1. The molecule has 0 unspecified atom stereocenters. The summed E-state index contributed by atoms with van der Waals surface area (Å²) in [7, 11) is 3.43. The van der Waals surface area contributed by atoms with Gasteiger partial charge in [0.1, 0.15) is 5.75 Å². The largest absolute Gasteiger partial charge is 0.496 e. The number of rotatable bonds is 6. The summed E-state index contributed by atoms with van der Waals surface area (Å²) in [6.07, 6.45) is 3.07. The van der Waals surface area contributed by atoms with E-state index in [4.69, 9.17) is 9.47 Å². The van der Waals surface area contributed by atoms with Crippen LogP contribution in [0.15, 0.2) is 36.5 Å². The van der Waals surface area contributed by atoms with Crippen LogP contribution in [0.2, 0.25) is 0 Å². The average Bonchev–Trinajstić information content (AvgIpc) is 2.88. The highest BCUT2D eigenvalue weighted by molar-refractivity contribution is 5.46. The maximum Gasteiger partial charge on any atom is 0.124 e. The molecule has 0 bridgehead atoms. The van der Waals surface area contributed by atoms with Crippen LogP contribution in [0.1, 0.15) is 23.2 Å². The van der Waals surface area contributed by atoms with Crippen molar-refractivity contribution in [2.75, 3.05) is 45.3 Å². The summed E-state index contributed by atoms with van der Waals surface area (Å²) in [5.74, 6) is 0.894. The number of hydrogen-bond acceptors (Lipinski definition) is 5. The molecule has 0 atom stereocenters. The lowest BCUT2D eigenvalue weighted by molar-refractivity contribution is 0.181. The third kappa shape index (κ3) is 4.74. The lowest BCUT2D eigenvalue weighted by Gasteiger charge is -2.24. The molecule has 0 aliphatic carbocycles. The summed E-state index contributed by atoms with van der Waals surface area (Å²) >= 11 is 0. The van der Waals surface area contributed by atoms with E-state index in [9.17, 15) is 0 Å². The molecule has 1 aliphatic rings. The minimum Gasteiger partial charge on any atom is -0.496 e. The molecule has 1 saturated heterocycles. The van der Waals surface area contributed by atoms with Crippen molar-refractivity contribution in [3.8, 4) is 5.75 Å². The number of methoxy groups -OCH3 is 2. The fraction of sp³-hybridized carbons (Fsp3) is 0.476. The van der Waals surface area contributed by atoms with Gasteiger partial charge in [0.2, 0.25) is 0 Å². The minimum absolute atomic E-state index is 0.576. The Kier molecular flexibility index (Phi) is 6.47. The van der Waals surface area contributed by atoms with Crippen LogP contribution in [-0.2, 0) is 17.9 Å². The summed E-state index contributed by atoms with van der Waals surface area (Å²) < 4.78 is 10.7. The first-order valence-corrected chi connectivity index (χ1v) is 9.24. The monoisotopic (exact) mass is 355 g/mol. The Morgan fingerprint density at radius 1 is 1.04 bits per heavy atom. The highest BCUT2D eigenvalue weighted by Crippen LogP contribution is 2.22. The SMILES string of the molecule is COCc1cc(CN2CCCN(c3ccnc(C)c3)CC2)ccc1OC. The van der Waals surface area contributed by atoms with Crippen molar-refractivity contribution >= 4 is 5.69 Å². The van der Waals surface area contributed by atoms with Crippen molar-refractivity contribution in [1.82, 2.24) is 9.88 Å². The second-order valence-electron chi connectivity index (χ2n) is 6.85. The van der Waals surface area contributed by atoms with E-state index in [2.05, 4.69) is 46.0 Å². The molecule has 2 heterocycles. The Morgan fingerprint density at radius 3 is 2.69 bits per heavy atom. The molecule has 0 radical (unpaired) electrons. The van der Waals surface area contributed by atoms with Gasteiger partial charge in [-0.2, -0.15) is 0 Å². The van der Waals surface area contributed by atoms with E-state index in [1.54, 1.807) is 14.2 Å². The number of ether oxygens (including phenoxy) is 2. The molecule has 1 aromatic heterocycles. The summed E-state index contributed by atoms with van der Waals surface area (Å²) in [4.78, 5) is 9.31. The topological polar surface area (TPSA) is 37.8 Å². The van der Waals surface area contributed by atoms with E-state index in [1.807, 2.05) is 12.3 Å². The van der Waals surface area contributed by atoms with Crippen LogP contribution in [0.4, 0.5) is 5.69 Å². The minimum atomic E-state index is 0.576. The summed E-state index contributed by atoms with van der Waals surface area (Å²) in [6, 6.07) is 10.7. The maximum atomic E-state index is 5.43. The maximum absolute atomic E-state index is 5.43. The molecule has 5 nitrogen and oxygen atoms in total. The molecule has 1 aromatic carbocycles. The normalized spacial score (nSPS) is 15.7. The van der Waals surface area contributed by atoms with Crippen LogP contribution in [0, 0.1) is 6.92 Å². The van der Waals surface area contributed by atoms with Gasteiger partial charge < -0.3 is 14.4 Å². The lowest BCUT2D eigenvalue weighted by Crippen LogP contribution is -2.30. The van der Waals surface area contributed by atoms with Gasteiger partial charge in [-0.05, 0) is 43.2 Å². The quantitative estimate of drug-likeness (QED) is 0.795. The second kappa shape index (κ2) is 9.01. The van der Waals surface area contributed by atoms with Crippen molar-refractivity contribution in [2.24, 2.45) is 0 Å². The number of hydrogen-bond donors (Lipinski definition) is 0. The van der Waals surface area contributed by atoms with Crippen LogP contribution in [0.3, 0.4) is 0 Å². The number of aromatic nitrogens is 1. The molecule has 5 heteroatoms. The van der Waals surface area contributed by atoms with Gasteiger partial charge in [-0.3, -0.25) is 9.88 Å². The third-order valence-electron chi connectivity index (χ3n) is 4.88. The Morgan fingerprint density at radius 2 is 1.92 bits per heavy atom. The standard InChI is InChI=1S/C21H29N3O2/c1-17-13-20(7-8-22-17)24-10-4-9-23(11-12-24)15-18-5-6-21(26-3)19(14-18)16-25-2/h5-8,13-14H,4,9-12,15-16H2,1-3H3. The average molecular weight is 355 g/mol. The molecule has 0 N–H and O–H groups in total. The number of aryl methyl sites for hydroxylation is 1. The molecule has 1 aliphatic heterocycles. The first-order valence-electron chi connectivity index (χ1n) is 9.24. The predicted molar refractivity (Wildman–Crippen MR) is 105 cm³/mol. The van der Waals surface area contributed by atoms with E-state index < -0.39 is 0 Å². The number of pyridine rings is 1. The molecule has 26 heavy (non-hydrogen) atoms. The van der Waals surface area contributed by atoms with Gasteiger partial charge in [-0.1, -0.05) is 6.07 Å². The third-order valence-corrected chi connectivity index (χ3v) is 4.88. The van der Waals surface area contributed by atoms with Gasteiger partial charge in [-0.25, -0.2) is 0 Å². The van der Waals surface area contributed by atoms with E-state index >= 15 is 0 Å². The fourth-order valence-corrected chi connectivity index (χ4v) is 3.57. The highest BCUT2D eigenvalue weighted by Gasteiger charge is 2.16.